The molecule has 0 saturated heterocycles. The SMILES string of the molecule is CC(C)=CCC[C@]1(C)C2C[C@H]3[C@H](C2)C31C. The molecular weight excluding hydrogens is 180 g/mol. The van der Waals surface area contributed by atoms with Gasteiger partial charge in [-0.2, -0.15) is 0 Å². The molecule has 0 spiro atoms. The molecule has 0 heteroatoms. The highest BCUT2D eigenvalue weighted by atomic mass is 14.8. The maximum Gasteiger partial charge on any atom is -0.0207 e. The van der Waals surface area contributed by atoms with Gasteiger partial charge in [-0.25, -0.2) is 0 Å². The topological polar surface area (TPSA) is 0 Å². The standard InChI is InChI=1S/C15H24/c1-10(2)6-5-7-14(3)11-8-12-13(9-11)15(12,14)4/h6,11-13H,5,7-9H2,1-4H3/t11?,12-,13-,14+,15?/m0/s1. The van der Waals surface area contributed by atoms with E-state index < -0.39 is 0 Å². The van der Waals surface area contributed by atoms with Gasteiger partial charge in [-0.15, -0.1) is 0 Å². The quantitative estimate of drug-likeness (QED) is 0.597. The molecule has 0 heterocycles. The Balaban J connectivity index is 1.73. The van der Waals surface area contributed by atoms with Gasteiger partial charge in [-0.1, -0.05) is 25.5 Å². The maximum absolute atomic E-state index is 2.59. The molecule has 0 aliphatic heterocycles. The van der Waals surface area contributed by atoms with Crippen molar-refractivity contribution in [2.75, 3.05) is 0 Å². The van der Waals surface area contributed by atoms with Crippen molar-refractivity contribution >= 4 is 0 Å². The van der Waals surface area contributed by atoms with Gasteiger partial charge >= 0.3 is 0 Å². The summed E-state index contributed by atoms with van der Waals surface area (Å²) in [6, 6.07) is 0. The molecule has 0 unspecified atom stereocenters. The number of hydrogen-bond acceptors (Lipinski definition) is 0. The monoisotopic (exact) mass is 204 g/mol. The van der Waals surface area contributed by atoms with Crippen molar-refractivity contribution in [3.63, 3.8) is 0 Å². The zero-order valence-corrected chi connectivity index (χ0v) is 10.6. The average molecular weight is 204 g/mol. The third-order valence-electron chi connectivity index (χ3n) is 6.34. The van der Waals surface area contributed by atoms with E-state index in [1.807, 2.05) is 0 Å². The summed E-state index contributed by atoms with van der Waals surface area (Å²) >= 11 is 0. The average Bonchev–Trinajstić information content (AvgIpc) is 2.53. The van der Waals surface area contributed by atoms with Gasteiger partial charge in [-0.3, -0.25) is 0 Å². The highest BCUT2D eigenvalue weighted by Gasteiger charge is 2.80. The van der Waals surface area contributed by atoms with Crippen LogP contribution in [0.15, 0.2) is 11.6 Å². The smallest absolute Gasteiger partial charge is 0.0207 e. The van der Waals surface area contributed by atoms with Crippen LogP contribution in [0.1, 0.15) is 53.4 Å². The molecule has 0 aromatic heterocycles. The lowest BCUT2D eigenvalue weighted by atomic mass is 9.71. The molecular formula is C15H24. The van der Waals surface area contributed by atoms with Crippen LogP contribution in [0.25, 0.3) is 0 Å². The molecule has 0 aromatic rings. The van der Waals surface area contributed by atoms with Crippen LogP contribution in [0.3, 0.4) is 0 Å². The van der Waals surface area contributed by atoms with E-state index in [0.29, 0.717) is 5.41 Å². The summed E-state index contributed by atoms with van der Waals surface area (Å²) in [6.07, 6.45) is 8.30. The molecule has 84 valence electrons. The largest absolute Gasteiger partial charge is 0.0859 e. The molecule has 0 amide bonds. The fraction of sp³-hybridized carbons (Fsp3) is 0.867. The molecule has 15 heavy (non-hydrogen) atoms. The van der Waals surface area contributed by atoms with Crippen molar-refractivity contribution in [1.29, 1.82) is 0 Å². The molecule has 0 nitrogen and oxygen atoms in total. The van der Waals surface area contributed by atoms with E-state index in [4.69, 9.17) is 0 Å². The second kappa shape index (κ2) is 2.70. The Morgan fingerprint density at radius 2 is 1.80 bits per heavy atom. The second-order valence-electron chi connectivity index (χ2n) is 6.90. The maximum atomic E-state index is 2.59. The second-order valence-corrected chi connectivity index (χ2v) is 6.90. The van der Waals surface area contributed by atoms with E-state index in [-0.39, 0.29) is 0 Å². The van der Waals surface area contributed by atoms with E-state index >= 15 is 0 Å². The summed E-state index contributed by atoms with van der Waals surface area (Å²) in [5.41, 5.74) is 2.93. The van der Waals surface area contributed by atoms with Gasteiger partial charge in [0.1, 0.15) is 0 Å². The van der Waals surface area contributed by atoms with Gasteiger partial charge in [0, 0.05) is 0 Å². The first-order valence-corrected chi connectivity index (χ1v) is 6.63. The summed E-state index contributed by atoms with van der Waals surface area (Å²) in [7, 11) is 0. The van der Waals surface area contributed by atoms with Crippen molar-refractivity contribution in [3.05, 3.63) is 11.6 Å². The van der Waals surface area contributed by atoms with Gasteiger partial charge in [0.05, 0.1) is 0 Å². The Hall–Kier alpha value is -0.260. The first kappa shape index (κ1) is 9.93. The molecule has 4 fully saturated rings. The van der Waals surface area contributed by atoms with Crippen LogP contribution < -0.4 is 0 Å². The molecule has 0 N–H and O–H groups in total. The minimum absolute atomic E-state index is 0.689. The van der Waals surface area contributed by atoms with Crippen LogP contribution >= 0.6 is 0 Å². The first-order valence-electron chi connectivity index (χ1n) is 6.63. The zero-order chi connectivity index (χ0) is 10.8. The van der Waals surface area contributed by atoms with Crippen molar-refractivity contribution in [3.8, 4) is 0 Å². The molecule has 0 radical (unpaired) electrons. The van der Waals surface area contributed by atoms with Crippen LogP contribution in [-0.2, 0) is 0 Å². The highest BCUT2D eigenvalue weighted by Crippen LogP contribution is 2.86. The molecule has 0 aromatic carbocycles. The Morgan fingerprint density at radius 3 is 2.20 bits per heavy atom. The van der Waals surface area contributed by atoms with Crippen molar-refractivity contribution in [2.45, 2.75) is 53.4 Å². The van der Waals surface area contributed by atoms with E-state index in [9.17, 15) is 0 Å². The molecule has 4 aliphatic carbocycles. The van der Waals surface area contributed by atoms with Gasteiger partial charge in [-0.05, 0) is 68.1 Å². The normalized spacial score (nSPS) is 54.5. The third-order valence-corrected chi connectivity index (χ3v) is 6.34. The van der Waals surface area contributed by atoms with Crippen molar-refractivity contribution in [2.24, 2.45) is 28.6 Å². The van der Waals surface area contributed by atoms with E-state index in [2.05, 4.69) is 33.8 Å². The molecule has 4 rings (SSSR count). The fourth-order valence-corrected chi connectivity index (χ4v) is 5.17. The van der Waals surface area contributed by atoms with Crippen molar-refractivity contribution in [1.82, 2.24) is 0 Å². The van der Waals surface area contributed by atoms with Crippen LogP contribution in [-0.4, -0.2) is 0 Å². The van der Waals surface area contributed by atoms with Gasteiger partial charge in [0.25, 0.3) is 0 Å². The van der Waals surface area contributed by atoms with Gasteiger partial charge < -0.3 is 0 Å². The van der Waals surface area contributed by atoms with Crippen molar-refractivity contribution < 1.29 is 0 Å². The van der Waals surface area contributed by atoms with E-state index in [1.54, 1.807) is 12.8 Å². The summed E-state index contributed by atoms with van der Waals surface area (Å²) in [5.74, 6) is 3.32. The summed E-state index contributed by atoms with van der Waals surface area (Å²) in [4.78, 5) is 0. The Labute approximate surface area is 94.1 Å². The van der Waals surface area contributed by atoms with E-state index in [1.165, 1.54) is 18.4 Å². The molecule has 4 saturated carbocycles. The third kappa shape index (κ3) is 0.990. The lowest BCUT2D eigenvalue weighted by molar-refractivity contribution is 0.155. The van der Waals surface area contributed by atoms with Crippen LogP contribution in [0.5, 0.6) is 0 Å². The van der Waals surface area contributed by atoms with Crippen LogP contribution in [0.4, 0.5) is 0 Å². The molecule has 4 aliphatic rings. The number of rotatable bonds is 3. The lowest BCUT2D eigenvalue weighted by Gasteiger charge is -2.34. The predicted molar refractivity (Wildman–Crippen MR) is 64.6 cm³/mol. The zero-order valence-electron chi connectivity index (χ0n) is 10.6. The number of hydrogen-bond donors (Lipinski definition) is 0. The lowest BCUT2D eigenvalue weighted by Crippen LogP contribution is -2.26. The summed E-state index contributed by atoms with van der Waals surface area (Å²) in [5, 5.41) is 0. The summed E-state index contributed by atoms with van der Waals surface area (Å²) < 4.78 is 0. The minimum Gasteiger partial charge on any atom is -0.0859 e. The Morgan fingerprint density at radius 1 is 1.20 bits per heavy atom. The molecule has 4 bridgehead atoms. The molecule has 3 atom stereocenters. The van der Waals surface area contributed by atoms with E-state index in [0.717, 1.165) is 23.2 Å². The van der Waals surface area contributed by atoms with Crippen LogP contribution in [0.2, 0.25) is 0 Å². The summed E-state index contributed by atoms with van der Waals surface area (Å²) in [6.45, 7) is 9.61. The van der Waals surface area contributed by atoms with Gasteiger partial charge in [0.15, 0.2) is 0 Å². The Bertz CT molecular complexity index is 309. The fourth-order valence-electron chi connectivity index (χ4n) is 5.17. The first-order chi connectivity index (χ1) is 7.00. The predicted octanol–water partition coefficient (Wildman–Crippen LogP) is 4.42. The van der Waals surface area contributed by atoms with Gasteiger partial charge in [0.2, 0.25) is 0 Å². The minimum atomic E-state index is 0.689. The van der Waals surface area contributed by atoms with Crippen LogP contribution in [0, 0.1) is 28.6 Å². The highest BCUT2D eigenvalue weighted by molar-refractivity contribution is 5.28. The number of allylic oxidation sites excluding steroid dienone is 2. The Kier molecular flexibility index (Phi) is 1.79.